The average Bonchev–Trinajstić information content (AvgIpc) is 3.24. The predicted octanol–water partition coefficient (Wildman–Crippen LogP) is 5.37. The number of fused-ring (bicyclic) bond motifs is 1. The number of oxazole rings is 1. The van der Waals surface area contributed by atoms with Crippen LogP contribution in [0.5, 0.6) is 0 Å². The number of benzene rings is 3. The molecule has 0 aliphatic heterocycles. The summed E-state index contributed by atoms with van der Waals surface area (Å²) in [6.07, 6.45) is 0. The zero-order valence-electron chi connectivity index (χ0n) is 17.5. The zero-order valence-corrected chi connectivity index (χ0v) is 19.0. The second-order valence-electron chi connectivity index (χ2n) is 7.11. The third-order valence-corrected chi connectivity index (χ3v) is 5.22. The van der Waals surface area contributed by atoms with Gasteiger partial charge >= 0.3 is 0 Å². The van der Waals surface area contributed by atoms with Crippen LogP contribution in [0.15, 0.2) is 52.9 Å². The van der Waals surface area contributed by atoms with Crippen LogP contribution in [0, 0.1) is 31.9 Å². The van der Waals surface area contributed by atoms with Crippen molar-refractivity contribution in [3.63, 3.8) is 0 Å². The molecule has 15 heteroatoms. The van der Waals surface area contributed by atoms with Crippen molar-refractivity contribution in [1.29, 1.82) is 0 Å². The van der Waals surface area contributed by atoms with Crippen molar-refractivity contribution in [2.45, 2.75) is 0 Å². The van der Waals surface area contributed by atoms with Gasteiger partial charge in [-0.1, -0.05) is 11.6 Å². The van der Waals surface area contributed by atoms with E-state index in [9.17, 15) is 33.8 Å². The van der Waals surface area contributed by atoms with Crippen molar-refractivity contribution < 1.29 is 27.8 Å². The minimum Gasteiger partial charge on any atom is -0.436 e. The molecule has 182 valence electrons. The lowest BCUT2D eigenvalue weighted by atomic mass is 10.1. The van der Waals surface area contributed by atoms with E-state index < -0.39 is 38.8 Å². The second-order valence-corrected chi connectivity index (χ2v) is 7.92. The number of anilines is 1. The summed E-state index contributed by atoms with van der Waals surface area (Å²) in [6.45, 7) is 0. The van der Waals surface area contributed by atoms with Crippen LogP contribution in [0.3, 0.4) is 0 Å². The van der Waals surface area contributed by atoms with E-state index in [-0.39, 0.29) is 32.7 Å². The number of non-ortho nitro benzene ring substituents is 2. The first kappa shape index (κ1) is 24.6. The molecule has 2 N–H and O–H groups in total. The number of carbonyl (C=O) groups is 1. The Hall–Kier alpha value is -4.56. The summed E-state index contributed by atoms with van der Waals surface area (Å²) in [5.74, 6) is -3.23. The van der Waals surface area contributed by atoms with Gasteiger partial charge in [-0.2, -0.15) is 0 Å². The molecule has 0 unspecified atom stereocenters. The lowest BCUT2D eigenvalue weighted by Gasteiger charge is -2.09. The molecule has 1 amide bonds. The van der Waals surface area contributed by atoms with Crippen LogP contribution in [0.2, 0.25) is 5.02 Å². The highest BCUT2D eigenvalue weighted by Crippen LogP contribution is 2.32. The molecule has 11 nitrogen and oxygen atoms in total. The number of thiocarbonyl (C=S) groups is 1. The number of nitro benzene ring substituents is 2. The van der Waals surface area contributed by atoms with E-state index in [1.54, 1.807) is 0 Å². The van der Waals surface area contributed by atoms with Gasteiger partial charge in [-0.25, -0.2) is 13.8 Å². The number of hydrogen-bond donors (Lipinski definition) is 2. The monoisotopic (exact) mass is 533 g/mol. The number of rotatable bonds is 5. The number of halogens is 3. The minimum atomic E-state index is -1.13. The van der Waals surface area contributed by atoms with Crippen molar-refractivity contribution in [2.75, 3.05) is 5.32 Å². The number of carbonyl (C=O) groups excluding carboxylic acids is 1. The molecule has 0 bridgehead atoms. The summed E-state index contributed by atoms with van der Waals surface area (Å²) in [4.78, 5) is 37.0. The van der Waals surface area contributed by atoms with Gasteiger partial charge in [0.1, 0.15) is 5.52 Å². The Bertz CT molecular complexity index is 1560. The van der Waals surface area contributed by atoms with Crippen molar-refractivity contribution in [3.05, 3.63) is 91.0 Å². The molecule has 1 heterocycles. The van der Waals surface area contributed by atoms with E-state index in [1.807, 2.05) is 0 Å². The van der Waals surface area contributed by atoms with Crippen molar-refractivity contribution in [2.24, 2.45) is 0 Å². The van der Waals surface area contributed by atoms with Gasteiger partial charge in [0, 0.05) is 17.8 Å². The highest BCUT2D eigenvalue weighted by molar-refractivity contribution is 7.80. The first-order valence-electron chi connectivity index (χ1n) is 9.63. The summed E-state index contributed by atoms with van der Waals surface area (Å²) in [7, 11) is 0. The number of nitrogens with one attached hydrogen (secondary N) is 2. The molecule has 36 heavy (non-hydrogen) atoms. The molecule has 4 rings (SSSR count). The highest BCUT2D eigenvalue weighted by Gasteiger charge is 2.21. The quantitative estimate of drug-likeness (QED) is 0.149. The Morgan fingerprint density at radius 2 is 1.64 bits per heavy atom. The molecule has 0 aliphatic carbocycles. The normalized spacial score (nSPS) is 10.8. The number of nitrogens with zero attached hydrogens (tertiary/aromatic N) is 3. The number of hydrogen-bond acceptors (Lipinski definition) is 8. The topological polar surface area (TPSA) is 153 Å². The van der Waals surface area contributed by atoms with Crippen LogP contribution >= 0.6 is 23.8 Å². The van der Waals surface area contributed by atoms with E-state index in [2.05, 4.69) is 15.6 Å². The predicted molar refractivity (Wildman–Crippen MR) is 128 cm³/mol. The van der Waals surface area contributed by atoms with Gasteiger partial charge < -0.3 is 9.73 Å². The molecule has 0 fully saturated rings. The molecule has 0 aliphatic rings. The molecule has 0 atom stereocenters. The third-order valence-electron chi connectivity index (χ3n) is 4.70. The van der Waals surface area contributed by atoms with Gasteiger partial charge in [0.15, 0.2) is 22.3 Å². The van der Waals surface area contributed by atoms with Gasteiger partial charge in [-0.3, -0.25) is 30.3 Å². The molecule has 4 aromatic rings. The number of amides is 1. The number of nitro groups is 2. The van der Waals surface area contributed by atoms with Gasteiger partial charge in [-0.15, -0.1) is 0 Å². The maximum atomic E-state index is 13.6. The highest BCUT2D eigenvalue weighted by atomic mass is 35.5. The number of aromatic nitrogens is 1. The Kier molecular flexibility index (Phi) is 6.55. The van der Waals surface area contributed by atoms with Crippen molar-refractivity contribution in [1.82, 2.24) is 10.3 Å². The molecule has 0 saturated carbocycles. The fourth-order valence-corrected chi connectivity index (χ4v) is 3.52. The fraction of sp³-hybridized carbons (Fsp3) is 0. The lowest BCUT2D eigenvalue weighted by Crippen LogP contribution is -2.34. The van der Waals surface area contributed by atoms with Crippen LogP contribution in [0.4, 0.5) is 25.8 Å². The Labute approximate surface area is 209 Å². The molecule has 1 aromatic heterocycles. The molecular weight excluding hydrogens is 524 g/mol. The zero-order chi connectivity index (χ0) is 26.1. The maximum Gasteiger partial charge on any atom is 0.277 e. The largest absolute Gasteiger partial charge is 0.436 e. The Morgan fingerprint density at radius 3 is 2.28 bits per heavy atom. The smallest absolute Gasteiger partial charge is 0.277 e. The van der Waals surface area contributed by atoms with Gasteiger partial charge in [-0.05, 0) is 42.5 Å². The first-order valence-corrected chi connectivity index (χ1v) is 10.4. The van der Waals surface area contributed by atoms with E-state index in [1.165, 1.54) is 18.2 Å². The molecule has 0 radical (unpaired) electrons. The van der Waals surface area contributed by atoms with E-state index >= 15 is 0 Å². The van der Waals surface area contributed by atoms with E-state index in [4.69, 9.17) is 28.2 Å². The molecule has 3 aromatic carbocycles. The Balaban J connectivity index is 1.53. The van der Waals surface area contributed by atoms with E-state index in [0.717, 1.165) is 30.3 Å². The minimum absolute atomic E-state index is 0.0371. The first-order chi connectivity index (χ1) is 17.0. The van der Waals surface area contributed by atoms with Gasteiger partial charge in [0.05, 0.1) is 32.1 Å². The summed E-state index contributed by atoms with van der Waals surface area (Å²) in [5.41, 5.74) is -0.665. The third kappa shape index (κ3) is 5.08. The van der Waals surface area contributed by atoms with Crippen molar-refractivity contribution >= 4 is 63.0 Å². The van der Waals surface area contributed by atoms with Crippen LogP contribution in [-0.4, -0.2) is 25.9 Å². The van der Waals surface area contributed by atoms with Gasteiger partial charge in [0.25, 0.3) is 17.3 Å². The lowest BCUT2D eigenvalue weighted by molar-refractivity contribution is -0.394. The maximum absolute atomic E-state index is 13.6. The summed E-state index contributed by atoms with van der Waals surface area (Å²) < 4.78 is 32.5. The van der Waals surface area contributed by atoms with E-state index in [0.29, 0.717) is 11.2 Å². The fourth-order valence-electron chi connectivity index (χ4n) is 3.08. The van der Waals surface area contributed by atoms with Crippen LogP contribution in [0.25, 0.3) is 22.6 Å². The standard InChI is InChI=1S/C21H10ClF2N5O6S/c22-14-8-16(24)15(23)7-13(14)20-26-17-5-10(1-2-18(17)35-20)25-21(36)27-19(30)9-3-11(28(31)32)6-12(4-9)29(33)34/h1-8H,(H2,25,27,30,36). The summed E-state index contributed by atoms with van der Waals surface area (Å²) >= 11 is 11.0. The Morgan fingerprint density at radius 1 is 1.00 bits per heavy atom. The molecular formula is C21H10ClF2N5O6S. The molecule has 0 saturated heterocycles. The second kappa shape index (κ2) is 9.59. The summed E-state index contributed by atoms with van der Waals surface area (Å²) in [5, 5.41) is 26.7. The van der Waals surface area contributed by atoms with Crippen LogP contribution in [-0.2, 0) is 0 Å². The summed E-state index contributed by atoms with van der Waals surface area (Å²) in [6, 6.07) is 8.61. The average molecular weight is 534 g/mol. The van der Waals surface area contributed by atoms with Crippen LogP contribution in [0.1, 0.15) is 10.4 Å². The van der Waals surface area contributed by atoms with Crippen molar-refractivity contribution in [3.8, 4) is 11.5 Å². The van der Waals surface area contributed by atoms with Crippen LogP contribution < -0.4 is 10.6 Å². The SMILES string of the molecule is O=C(NC(=S)Nc1ccc2oc(-c3cc(F)c(F)cc3Cl)nc2c1)c1cc([N+](=O)[O-])cc([N+](=O)[O-])c1. The van der Waals surface area contributed by atoms with Gasteiger partial charge in [0.2, 0.25) is 5.89 Å². The molecule has 0 spiro atoms.